The number of hydrogen-bond acceptors (Lipinski definition) is 1. The predicted octanol–water partition coefficient (Wildman–Crippen LogP) is 4.48. The van der Waals surface area contributed by atoms with Crippen molar-refractivity contribution in [3.63, 3.8) is 0 Å². The van der Waals surface area contributed by atoms with Crippen LogP contribution in [0.15, 0.2) is 23.2 Å². The van der Waals surface area contributed by atoms with Crippen molar-refractivity contribution in [2.75, 3.05) is 0 Å². The zero-order valence-electron chi connectivity index (χ0n) is 14.5. The van der Waals surface area contributed by atoms with E-state index >= 15 is 0 Å². The molecule has 0 aromatic heterocycles. The molecule has 1 aliphatic carbocycles. The van der Waals surface area contributed by atoms with Crippen LogP contribution >= 0.6 is 0 Å². The van der Waals surface area contributed by atoms with Gasteiger partial charge in [-0.2, -0.15) is 0 Å². The van der Waals surface area contributed by atoms with E-state index in [9.17, 15) is 0 Å². The van der Waals surface area contributed by atoms with Crippen LogP contribution in [0.1, 0.15) is 70.6 Å². The van der Waals surface area contributed by atoms with E-state index in [1.807, 2.05) is 0 Å². The van der Waals surface area contributed by atoms with Crippen LogP contribution in [0.5, 0.6) is 0 Å². The number of benzene rings is 1. The second-order valence-corrected chi connectivity index (χ2v) is 7.56. The molecule has 2 atom stereocenters. The minimum absolute atomic E-state index is 0.0184. The fraction of sp³-hybridized carbons (Fsp3) is 0.632. The molecule has 2 rings (SSSR count). The van der Waals surface area contributed by atoms with E-state index in [0.29, 0.717) is 0 Å². The van der Waals surface area contributed by atoms with Crippen LogP contribution in [-0.2, 0) is 10.8 Å². The quantitative estimate of drug-likeness (QED) is 0.643. The van der Waals surface area contributed by atoms with Gasteiger partial charge in [-0.1, -0.05) is 52.8 Å². The van der Waals surface area contributed by atoms with Gasteiger partial charge in [0.05, 0.1) is 11.9 Å². The maximum atomic E-state index is 5.61. The number of nitrogens with two attached hydrogens (primary N) is 1. The summed E-state index contributed by atoms with van der Waals surface area (Å²) in [5.41, 5.74) is 10.3. The second kappa shape index (κ2) is 5.15. The molecule has 0 spiro atoms. The van der Waals surface area contributed by atoms with E-state index in [2.05, 4.69) is 64.7 Å². The van der Waals surface area contributed by atoms with Crippen LogP contribution in [0.4, 0.5) is 0 Å². The SMILES string of the molecule is CCC1(N=CN)CC1(CC)c1ccc(C(C)(C)C)cc1C. The molecule has 0 amide bonds. The van der Waals surface area contributed by atoms with Crippen LogP contribution in [0, 0.1) is 6.92 Å². The van der Waals surface area contributed by atoms with Gasteiger partial charge < -0.3 is 5.73 Å². The highest BCUT2D eigenvalue weighted by Gasteiger charge is 2.66. The summed E-state index contributed by atoms with van der Waals surface area (Å²) in [5, 5.41) is 0. The van der Waals surface area contributed by atoms with Crippen molar-refractivity contribution in [1.82, 2.24) is 0 Å². The zero-order chi connectivity index (χ0) is 15.9. The third-order valence-corrected chi connectivity index (χ3v) is 5.48. The van der Waals surface area contributed by atoms with Gasteiger partial charge in [-0.3, -0.25) is 4.99 Å². The summed E-state index contributed by atoms with van der Waals surface area (Å²) in [5.74, 6) is 0. The molecule has 2 N–H and O–H groups in total. The lowest BCUT2D eigenvalue weighted by molar-refractivity contribution is 0.504. The topological polar surface area (TPSA) is 38.4 Å². The Kier molecular flexibility index (Phi) is 3.94. The Morgan fingerprint density at radius 3 is 2.33 bits per heavy atom. The van der Waals surface area contributed by atoms with Gasteiger partial charge in [-0.25, -0.2) is 0 Å². The highest BCUT2D eigenvalue weighted by Crippen LogP contribution is 2.64. The average Bonchev–Trinajstić information content (AvgIpc) is 3.07. The Morgan fingerprint density at radius 1 is 1.24 bits per heavy atom. The van der Waals surface area contributed by atoms with Gasteiger partial charge in [0, 0.05) is 5.41 Å². The van der Waals surface area contributed by atoms with Crippen LogP contribution in [-0.4, -0.2) is 11.9 Å². The first kappa shape index (κ1) is 16.1. The molecule has 1 aromatic rings. The summed E-state index contributed by atoms with van der Waals surface area (Å²) in [6.45, 7) is 13.5. The number of aliphatic imine (C=N–C) groups is 1. The van der Waals surface area contributed by atoms with Gasteiger partial charge in [0.15, 0.2) is 0 Å². The average molecular weight is 286 g/mol. The molecule has 0 saturated heterocycles. The van der Waals surface area contributed by atoms with Crippen molar-refractivity contribution in [3.05, 3.63) is 34.9 Å². The second-order valence-electron chi connectivity index (χ2n) is 7.56. The van der Waals surface area contributed by atoms with E-state index in [1.165, 1.54) is 23.0 Å². The zero-order valence-corrected chi connectivity index (χ0v) is 14.5. The molecule has 21 heavy (non-hydrogen) atoms. The molecule has 1 fully saturated rings. The maximum Gasteiger partial charge on any atom is 0.0805 e. The van der Waals surface area contributed by atoms with Crippen molar-refractivity contribution in [1.29, 1.82) is 0 Å². The molecule has 1 aromatic carbocycles. The lowest BCUT2D eigenvalue weighted by atomic mass is 9.80. The van der Waals surface area contributed by atoms with Crippen molar-refractivity contribution in [3.8, 4) is 0 Å². The summed E-state index contributed by atoms with van der Waals surface area (Å²) in [7, 11) is 0. The minimum atomic E-state index is 0.0184. The Labute approximate surface area is 129 Å². The van der Waals surface area contributed by atoms with E-state index in [4.69, 9.17) is 5.73 Å². The fourth-order valence-corrected chi connectivity index (χ4v) is 3.98. The molecular weight excluding hydrogens is 256 g/mol. The van der Waals surface area contributed by atoms with Crippen molar-refractivity contribution in [2.45, 2.75) is 77.2 Å². The van der Waals surface area contributed by atoms with E-state index < -0.39 is 0 Å². The van der Waals surface area contributed by atoms with Gasteiger partial charge in [-0.15, -0.1) is 0 Å². The molecular formula is C19H30N2. The lowest BCUT2D eigenvalue weighted by Crippen LogP contribution is -2.23. The number of rotatable bonds is 4. The Bertz CT molecular complexity index is 553. The summed E-state index contributed by atoms with van der Waals surface area (Å²) >= 11 is 0. The first-order valence-electron chi connectivity index (χ1n) is 8.13. The number of hydrogen-bond donors (Lipinski definition) is 1. The van der Waals surface area contributed by atoms with Gasteiger partial charge in [0.1, 0.15) is 0 Å². The minimum Gasteiger partial charge on any atom is -0.390 e. The molecule has 1 saturated carbocycles. The molecule has 116 valence electrons. The smallest absolute Gasteiger partial charge is 0.0805 e. The molecule has 1 aliphatic rings. The molecule has 0 radical (unpaired) electrons. The maximum absolute atomic E-state index is 5.61. The first-order valence-corrected chi connectivity index (χ1v) is 8.13. The van der Waals surface area contributed by atoms with Gasteiger partial charge in [0.25, 0.3) is 0 Å². The molecule has 0 aliphatic heterocycles. The molecule has 2 heteroatoms. The normalized spacial score (nSPS) is 29.0. The lowest BCUT2D eigenvalue weighted by Gasteiger charge is -2.26. The number of nitrogens with zero attached hydrogens (tertiary/aromatic N) is 1. The van der Waals surface area contributed by atoms with E-state index in [0.717, 1.165) is 19.3 Å². The predicted molar refractivity (Wildman–Crippen MR) is 92.2 cm³/mol. The summed E-state index contributed by atoms with van der Waals surface area (Å²) < 4.78 is 0. The Morgan fingerprint density at radius 2 is 1.90 bits per heavy atom. The summed E-state index contributed by atoms with van der Waals surface area (Å²) in [4.78, 5) is 4.65. The molecule has 2 nitrogen and oxygen atoms in total. The third kappa shape index (κ3) is 2.39. The first-order chi connectivity index (χ1) is 9.76. The monoisotopic (exact) mass is 286 g/mol. The van der Waals surface area contributed by atoms with Crippen LogP contribution in [0.3, 0.4) is 0 Å². The number of aryl methyl sites for hydroxylation is 1. The van der Waals surface area contributed by atoms with E-state index in [-0.39, 0.29) is 16.4 Å². The fourth-order valence-electron chi connectivity index (χ4n) is 3.98. The van der Waals surface area contributed by atoms with E-state index in [1.54, 1.807) is 0 Å². The van der Waals surface area contributed by atoms with Crippen LogP contribution < -0.4 is 5.73 Å². The summed E-state index contributed by atoms with van der Waals surface area (Å²) in [6.07, 6.45) is 4.79. The third-order valence-electron chi connectivity index (χ3n) is 5.48. The van der Waals surface area contributed by atoms with Gasteiger partial charge in [-0.05, 0) is 48.3 Å². The van der Waals surface area contributed by atoms with Crippen LogP contribution in [0.25, 0.3) is 0 Å². The molecule has 2 unspecified atom stereocenters. The highest BCUT2D eigenvalue weighted by atomic mass is 15.0. The van der Waals surface area contributed by atoms with Gasteiger partial charge >= 0.3 is 0 Å². The van der Waals surface area contributed by atoms with Gasteiger partial charge in [0.2, 0.25) is 0 Å². The summed E-state index contributed by atoms with van der Waals surface area (Å²) in [6, 6.07) is 6.99. The van der Waals surface area contributed by atoms with Crippen molar-refractivity contribution in [2.24, 2.45) is 10.7 Å². The standard InChI is InChI=1S/C19H30N2/c1-7-18(12-19(18,8-2)21-13-20)16-10-9-15(11-14(16)3)17(4,5)6/h9-11,13H,7-8,12H2,1-6H3,(H2,20,21). The largest absolute Gasteiger partial charge is 0.390 e. The van der Waals surface area contributed by atoms with Crippen molar-refractivity contribution >= 4 is 6.34 Å². The van der Waals surface area contributed by atoms with Crippen molar-refractivity contribution < 1.29 is 0 Å². The Hall–Kier alpha value is -1.31. The highest BCUT2D eigenvalue weighted by molar-refractivity contribution is 5.57. The molecule has 0 heterocycles. The Balaban J connectivity index is 2.47. The van der Waals surface area contributed by atoms with Crippen LogP contribution in [0.2, 0.25) is 0 Å². The molecule has 0 bridgehead atoms.